The van der Waals surface area contributed by atoms with Gasteiger partial charge in [-0.15, -0.1) is 0 Å². The molecule has 10 heavy (non-hydrogen) atoms. The van der Waals surface area contributed by atoms with Crippen LogP contribution >= 0.6 is 0 Å². The van der Waals surface area contributed by atoms with Crippen LogP contribution in [0.3, 0.4) is 0 Å². The maximum absolute atomic E-state index is 10.4. The van der Waals surface area contributed by atoms with Crippen molar-refractivity contribution in [2.75, 3.05) is 6.61 Å². The molecule has 0 aromatic carbocycles. The molecule has 60 valence electrons. The second kappa shape index (κ2) is 5.27. The van der Waals surface area contributed by atoms with Gasteiger partial charge in [0.2, 0.25) is 0 Å². The van der Waals surface area contributed by atoms with Crippen LogP contribution in [-0.4, -0.2) is 12.6 Å². The van der Waals surface area contributed by atoms with E-state index in [0.29, 0.717) is 18.9 Å². The lowest BCUT2D eigenvalue weighted by Gasteiger charge is -2.16. The Morgan fingerprint density at radius 1 is 1.50 bits per heavy atom. The van der Waals surface area contributed by atoms with Gasteiger partial charge >= 0.3 is 5.97 Å². The number of carbonyl (C=O) groups excluding carboxylic acids is 1. The summed E-state index contributed by atoms with van der Waals surface area (Å²) < 4.78 is 4.75. The van der Waals surface area contributed by atoms with Gasteiger partial charge in [-0.25, -0.2) is 0 Å². The Morgan fingerprint density at radius 3 is 2.40 bits per heavy atom. The first-order valence-corrected chi connectivity index (χ1v) is 3.94. The molecule has 1 aliphatic rings. The van der Waals surface area contributed by atoms with Crippen LogP contribution in [0.1, 0.15) is 33.6 Å². The second-order valence-corrected chi connectivity index (χ2v) is 2.33. The van der Waals surface area contributed by atoms with Crippen molar-refractivity contribution in [3.05, 3.63) is 0 Å². The molecule has 1 heterocycles. The maximum Gasteiger partial charge on any atom is 0.305 e. The zero-order valence-corrected chi connectivity index (χ0v) is 7.02. The lowest BCUT2D eigenvalue weighted by atomic mass is 10.1. The van der Waals surface area contributed by atoms with E-state index in [4.69, 9.17) is 4.74 Å². The summed E-state index contributed by atoms with van der Waals surface area (Å²) in [4.78, 5) is 10.4. The molecule has 0 bridgehead atoms. The summed E-state index contributed by atoms with van der Waals surface area (Å²) in [6.45, 7) is 6.71. The van der Waals surface area contributed by atoms with Gasteiger partial charge in [0.25, 0.3) is 0 Å². The van der Waals surface area contributed by atoms with E-state index >= 15 is 0 Å². The SMILES string of the molecule is CC.CC1CCC(=O)OC1. The third-order valence-corrected chi connectivity index (χ3v) is 1.37. The van der Waals surface area contributed by atoms with Crippen molar-refractivity contribution < 1.29 is 9.53 Å². The molecule has 2 nitrogen and oxygen atoms in total. The summed E-state index contributed by atoms with van der Waals surface area (Å²) in [5, 5.41) is 0. The standard InChI is InChI=1S/C6H10O2.C2H6/c1-5-2-3-6(7)8-4-5;1-2/h5H,2-4H2,1H3;1-2H3. The number of rotatable bonds is 0. The van der Waals surface area contributed by atoms with E-state index in [0.717, 1.165) is 6.42 Å². The van der Waals surface area contributed by atoms with E-state index in [2.05, 4.69) is 6.92 Å². The summed E-state index contributed by atoms with van der Waals surface area (Å²) in [5.74, 6) is 0.538. The number of carbonyl (C=O) groups is 1. The minimum atomic E-state index is -0.0388. The van der Waals surface area contributed by atoms with Crippen LogP contribution in [0.4, 0.5) is 0 Å². The Bertz CT molecular complexity index is 89.4. The molecule has 0 aromatic heterocycles. The molecule has 2 heteroatoms. The van der Waals surface area contributed by atoms with Gasteiger partial charge in [-0.2, -0.15) is 0 Å². The highest BCUT2D eigenvalue weighted by Crippen LogP contribution is 2.12. The average molecular weight is 144 g/mol. The van der Waals surface area contributed by atoms with Gasteiger partial charge in [0.1, 0.15) is 0 Å². The number of hydrogen-bond donors (Lipinski definition) is 0. The smallest absolute Gasteiger partial charge is 0.305 e. The second-order valence-electron chi connectivity index (χ2n) is 2.33. The highest BCUT2D eigenvalue weighted by Gasteiger charge is 2.14. The Morgan fingerprint density at radius 2 is 2.10 bits per heavy atom. The highest BCUT2D eigenvalue weighted by atomic mass is 16.5. The van der Waals surface area contributed by atoms with Gasteiger partial charge < -0.3 is 4.74 Å². The summed E-state index contributed by atoms with van der Waals surface area (Å²) in [7, 11) is 0. The lowest BCUT2D eigenvalue weighted by molar-refractivity contribution is -0.149. The topological polar surface area (TPSA) is 26.3 Å². The van der Waals surface area contributed by atoms with Crippen LogP contribution in [-0.2, 0) is 9.53 Å². The molecule has 1 fully saturated rings. The largest absolute Gasteiger partial charge is 0.465 e. The molecule has 0 saturated carbocycles. The molecule has 0 radical (unpaired) electrons. The highest BCUT2D eigenvalue weighted by molar-refractivity contribution is 5.69. The number of esters is 1. The van der Waals surface area contributed by atoms with Crippen LogP contribution in [0, 0.1) is 5.92 Å². The van der Waals surface area contributed by atoms with E-state index in [9.17, 15) is 4.79 Å². The molecule has 1 rings (SSSR count). The molecule has 0 spiro atoms. The predicted octanol–water partition coefficient (Wildman–Crippen LogP) is 1.99. The minimum Gasteiger partial charge on any atom is -0.465 e. The monoisotopic (exact) mass is 144 g/mol. The van der Waals surface area contributed by atoms with Crippen LogP contribution in [0.25, 0.3) is 0 Å². The van der Waals surface area contributed by atoms with Crippen LogP contribution in [0.5, 0.6) is 0 Å². The number of cyclic esters (lactones) is 1. The fraction of sp³-hybridized carbons (Fsp3) is 0.875. The van der Waals surface area contributed by atoms with E-state index in [1.807, 2.05) is 13.8 Å². The quantitative estimate of drug-likeness (QED) is 0.486. The molecule has 1 aliphatic heterocycles. The lowest BCUT2D eigenvalue weighted by Crippen LogP contribution is -2.18. The zero-order valence-electron chi connectivity index (χ0n) is 7.02. The Hall–Kier alpha value is -0.530. The molecule has 0 N–H and O–H groups in total. The molecule has 0 aromatic rings. The fourth-order valence-corrected chi connectivity index (χ4v) is 0.755. The van der Waals surface area contributed by atoms with Crippen LogP contribution < -0.4 is 0 Å². The third kappa shape index (κ3) is 3.49. The Labute approximate surface area is 62.6 Å². The number of ether oxygens (including phenoxy) is 1. The molecule has 1 atom stereocenters. The third-order valence-electron chi connectivity index (χ3n) is 1.37. The van der Waals surface area contributed by atoms with Crippen molar-refractivity contribution in [1.29, 1.82) is 0 Å². The van der Waals surface area contributed by atoms with Crippen molar-refractivity contribution in [3.8, 4) is 0 Å². The Kier molecular flexibility index (Phi) is 4.99. The van der Waals surface area contributed by atoms with Crippen LogP contribution in [0.15, 0.2) is 0 Å². The van der Waals surface area contributed by atoms with Crippen molar-refractivity contribution in [2.45, 2.75) is 33.6 Å². The van der Waals surface area contributed by atoms with Gasteiger partial charge in [0.15, 0.2) is 0 Å². The molecule has 0 amide bonds. The summed E-state index contributed by atoms with van der Waals surface area (Å²) in [5.41, 5.74) is 0. The van der Waals surface area contributed by atoms with E-state index in [1.165, 1.54) is 0 Å². The van der Waals surface area contributed by atoms with Crippen molar-refractivity contribution in [3.63, 3.8) is 0 Å². The molecule has 0 aliphatic carbocycles. The van der Waals surface area contributed by atoms with Crippen LogP contribution in [0.2, 0.25) is 0 Å². The minimum absolute atomic E-state index is 0.0388. The van der Waals surface area contributed by atoms with E-state index in [-0.39, 0.29) is 5.97 Å². The first-order chi connectivity index (χ1) is 4.79. The molecule has 1 saturated heterocycles. The van der Waals surface area contributed by atoms with Gasteiger partial charge in [-0.1, -0.05) is 20.8 Å². The molecular formula is C8H16O2. The summed E-state index contributed by atoms with van der Waals surface area (Å²) in [6, 6.07) is 0. The first kappa shape index (κ1) is 9.47. The number of hydrogen-bond acceptors (Lipinski definition) is 2. The van der Waals surface area contributed by atoms with E-state index < -0.39 is 0 Å². The molecular weight excluding hydrogens is 128 g/mol. The zero-order chi connectivity index (χ0) is 7.98. The summed E-state index contributed by atoms with van der Waals surface area (Å²) in [6.07, 6.45) is 1.61. The normalized spacial score (nSPS) is 24.3. The van der Waals surface area contributed by atoms with Crippen molar-refractivity contribution in [2.24, 2.45) is 5.92 Å². The fourth-order valence-electron chi connectivity index (χ4n) is 0.755. The molecule has 1 unspecified atom stereocenters. The van der Waals surface area contributed by atoms with Crippen molar-refractivity contribution >= 4 is 5.97 Å². The van der Waals surface area contributed by atoms with Crippen molar-refractivity contribution in [1.82, 2.24) is 0 Å². The van der Waals surface area contributed by atoms with Gasteiger partial charge in [-0.3, -0.25) is 4.79 Å². The summed E-state index contributed by atoms with van der Waals surface area (Å²) >= 11 is 0. The maximum atomic E-state index is 10.4. The van der Waals surface area contributed by atoms with Gasteiger partial charge in [0.05, 0.1) is 6.61 Å². The predicted molar refractivity (Wildman–Crippen MR) is 40.7 cm³/mol. The van der Waals surface area contributed by atoms with Gasteiger partial charge in [-0.05, 0) is 12.3 Å². The van der Waals surface area contributed by atoms with Gasteiger partial charge in [0, 0.05) is 6.42 Å². The Balaban J connectivity index is 0.000000371. The average Bonchev–Trinajstić information content (AvgIpc) is 2.00. The van der Waals surface area contributed by atoms with E-state index in [1.54, 1.807) is 0 Å². The first-order valence-electron chi connectivity index (χ1n) is 3.94.